The van der Waals surface area contributed by atoms with Crippen LogP contribution in [0.5, 0.6) is 0 Å². The Morgan fingerprint density at radius 2 is 1.55 bits per heavy atom. The van der Waals surface area contributed by atoms with Crippen LogP contribution in [0.1, 0.15) is 80.5 Å². The van der Waals surface area contributed by atoms with Crippen LogP contribution in [0.25, 0.3) is 27.5 Å². The topological polar surface area (TPSA) is 90.2 Å². The fourth-order valence-corrected chi connectivity index (χ4v) is 5.98. The van der Waals surface area contributed by atoms with Gasteiger partial charge in [0.15, 0.2) is 5.78 Å². The van der Waals surface area contributed by atoms with Crippen molar-refractivity contribution in [2.45, 2.75) is 65.3 Å². The summed E-state index contributed by atoms with van der Waals surface area (Å²) in [4.78, 5) is 45.7. The number of unbranched alkanes of at least 4 members (excludes halogenated alkanes) is 3. The van der Waals surface area contributed by atoms with Gasteiger partial charge in [0.1, 0.15) is 5.71 Å². The Kier molecular flexibility index (Phi) is 9.71. The summed E-state index contributed by atoms with van der Waals surface area (Å²) in [6.45, 7) is 10.1. The number of ketones is 2. The molecule has 0 bridgehead atoms. The highest BCUT2D eigenvalue weighted by atomic mass is 16.7. The second-order valence-electron chi connectivity index (χ2n) is 11.9. The summed E-state index contributed by atoms with van der Waals surface area (Å²) in [6.07, 6.45) is 4.37. The van der Waals surface area contributed by atoms with E-state index in [1.54, 1.807) is 6.07 Å². The van der Waals surface area contributed by atoms with E-state index in [0.717, 1.165) is 66.3 Å². The maximum absolute atomic E-state index is 13.6. The number of aromatic nitrogens is 1. The summed E-state index contributed by atoms with van der Waals surface area (Å²) in [6, 6.07) is 21.5. The Bertz CT molecular complexity index is 1690. The Hall–Kier alpha value is -4.14. The van der Waals surface area contributed by atoms with Gasteiger partial charge in [-0.2, -0.15) is 0 Å². The number of fused-ring (bicyclic) bond motifs is 3. The molecular formula is C36H41N3O5. The Morgan fingerprint density at radius 3 is 2.25 bits per heavy atom. The third-order valence-electron chi connectivity index (χ3n) is 8.49. The third kappa shape index (κ3) is 6.51. The number of nitrogens with zero attached hydrogens (tertiary/aromatic N) is 3. The SMILES string of the molecule is CCCCCC/C(=N\OC(C)=O)C(=O)c1ccc2c(c1)c1ccccc1n2-c1ccc(C(=O)C(C)(C)N2CCOCC2)cc1. The maximum atomic E-state index is 13.6. The summed E-state index contributed by atoms with van der Waals surface area (Å²) in [5.74, 6) is -0.718. The molecule has 2 heterocycles. The van der Waals surface area contributed by atoms with Crippen LogP contribution in [0, 0.1) is 0 Å². The van der Waals surface area contributed by atoms with Crippen LogP contribution in [0.4, 0.5) is 0 Å². The van der Waals surface area contributed by atoms with E-state index in [2.05, 4.69) is 27.6 Å². The minimum atomic E-state index is -0.630. The van der Waals surface area contributed by atoms with Crippen LogP contribution in [-0.2, 0) is 14.4 Å². The van der Waals surface area contributed by atoms with Gasteiger partial charge in [0.25, 0.3) is 0 Å². The molecule has 8 nitrogen and oxygen atoms in total. The molecule has 4 aromatic rings. The molecule has 44 heavy (non-hydrogen) atoms. The van der Waals surface area contributed by atoms with Crippen molar-refractivity contribution in [3.05, 3.63) is 77.9 Å². The lowest BCUT2D eigenvalue weighted by Gasteiger charge is -2.39. The lowest BCUT2D eigenvalue weighted by molar-refractivity contribution is -0.140. The van der Waals surface area contributed by atoms with E-state index in [1.165, 1.54) is 6.92 Å². The second-order valence-corrected chi connectivity index (χ2v) is 11.9. The normalized spacial score (nSPS) is 14.7. The molecule has 8 heteroatoms. The lowest BCUT2D eigenvalue weighted by atomic mass is 9.90. The van der Waals surface area contributed by atoms with Crippen molar-refractivity contribution in [3.63, 3.8) is 0 Å². The van der Waals surface area contributed by atoms with Gasteiger partial charge >= 0.3 is 5.97 Å². The molecule has 0 unspecified atom stereocenters. The van der Waals surface area contributed by atoms with Crippen molar-refractivity contribution >= 4 is 45.1 Å². The van der Waals surface area contributed by atoms with Crippen molar-refractivity contribution in [3.8, 4) is 5.69 Å². The standard InChI is InChI=1S/C36H41N3O5/c1-5-6-7-8-12-31(37-44-25(2)40)34(41)27-16-19-33-30(24-27)29-11-9-10-13-32(29)39(33)28-17-14-26(15-18-28)35(42)36(3,4)38-20-22-43-23-21-38/h9-11,13-19,24H,5-8,12,20-23H2,1-4H3/b37-31+. The third-order valence-corrected chi connectivity index (χ3v) is 8.49. The van der Waals surface area contributed by atoms with Crippen LogP contribution in [-0.4, -0.2) is 64.6 Å². The minimum Gasteiger partial charge on any atom is -0.379 e. The molecule has 0 radical (unpaired) electrons. The number of para-hydroxylation sites is 1. The van der Waals surface area contributed by atoms with E-state index in [1.807, 2.05) is 68.4 Å². The first-order valence-electron chi connectivity index (χ1n) is 15.5. The van der Waals surface area contributed by atoms with Crippen LogP contribution in [0.2, 0.25) is 0 Å². The molecular weight excluding hydrogens is 554 g/mol. The number of morpholine rings is 1. The van der Waals surface area contributed by atoms with Crippen LogP contribution >= 0.6 is 0 Å². The zero-order chi connectivity index (χ0) is 31.3. The van der Waals surface area contributed by atoms with Gasteiger partial charge in [-0.1, -0.05) is 49.5 Å². The summed E-state index contributed by atoms with van der Waals surface area (Å²) >= 11 is 0. The molecule has 5 rings (SSSR count). The van der Waals surface area contributed by atoms with Crippen LogP contribution in [0.3, 0.4) is 0 Å². The molecule has 1 aliphatic heterocycles. The van der Waals surface area contributed by atoms with E-state index < -0.39 is 11.5 Å². The Balaban J connectivity index is 1.48. The number of ether oxygens (including phenoxy) is 1. The number of hydrogen-bond acceptors (Lipinski definition) is 7. The average Bonchev–Trinajstić information content (AvgIpc) is 3.38. The summed E-state index contributed by atoms with van der Waals surface area (Å²) < 4.78 is 7.64. The van der Waals surface area contributed by atoms with Crippen LogP contribution in [0.15, 0.2) is 71.9 Å². The Labute approximate surface area is 258 Å². The number of carbonyl (C=O) groups excluding carboxylic acids is 3. The molecule has 1 saturated heterocycles. The van der Waals surface area contributed by atoms with Gasteiger partial charge in [0.05, 0.1) is 29.8 Å². The molecule has 0 aliphatic carbocycles. The zero-order valence-corrected chi connectivity index (χ0v) is 26.1. The van der Waals surface area contributed by atoms with Gasteiger partial charge in [-0.15, -0.1) is 0 Å². The van der Waals surface area contributed by atoms with Gasteiger partial charge in [-0.05, 0) is 75.2 Å². The quantitative estimate of drug-likeness (QED) is 0.0568. The van der Waals surface area contributed by atoms with Crippen molar-refractivity contribution in [2.24, 2.45) is 5.16 Å². The van der Waals surface area contributed by atoms with Crippen molar-refractivity contribution in [1.82, 2.24) is 9.47 Å². The first kappa shape index (κ1) is 31.3. The maximum Gasteiger partial charge on any atom is 0.331 e. The number of benzene rings is 3. The highest BCUT2D eigenvalue weighted by molar-refractivity contribution is 6.46. The molecule has 0 amide bonds. The molecule has 1 aromatic heterocycles. The molecule has 0 spiro atoms. The highest BCUT2D eigenvalue weighted by Gasteiger charge is 2.36. The first-order valence-corrected chi connectivity index (χ1v) is 15.5. The van der Waals surface area contributed by atoms with Crippen molar-refractivity contribution in [2.75, 3.05) is 26.3 Å². The Morgan fingerprint density at radius 1 is 0.864 bits per heavy atom. The van der Waals surface area contributed by atoms with E-state index in [4.69, 9.17) is 9.57 Å². The first-order chi connectivity index (χ1) is 21.2. The summed E-state index contributed by atoms with van der Waals surface area (Å²) in [7, 11) is 0. The largest absolute Gasteiger partial charge is 0.379 e. The number of carbonyl (C=O) groups is 3. The molecule has 0 N–H and O–H groups in total. The summed E-state index contributed by atoms with van der Waals surface area (Å²) in [5.41, 5.74) is 3.63. The smallest absolute Gasteiger partial charge is 0.331 e. The predicted octanol–water partition coefficient (Wildman–Crippen LogP) is 7.15. The van der Waals surface area contributed by atoms with E-state index in [0.29, 0.717) is 30.8 Å². The lowest BCUT2D eigenvalue weighted by Crippen LogP contribution is -2.54. The van der Waals surface area contributed by atoms with E-state index in [9.17, 15) is 14.4 Å². The van der Waals surface area contributed by atoms with E-state index in [-0.39, 0.29) is 17.3 Å². The average molecular weight is 596 g/mol. The fraction of sp³-hybridized carbons (Fsp3) is 0.389. The van der Waals surface area contributed by atoms with Gasteiger partial charge in [-0.25, -0.2) is 4.79 Å². The zero-order valence-electron chi connectivity index (χ0n) is 26.1. The number of hydrogen-bond donors (Lipinski definition) is 0. The molecule has 230 valence electrons. The van der Waals surface area contributed by atoms with Crippen LogP contribution < -0.4 is 0 Å². The van der Waals surface area contributed by atoms with E-state index >= 15 is 0 Å². The molecule has 0 saturated carbocycles. The predicted molar refractivity (Wildman–Crippen MR) is 174 cm³/mol. The number of Topliss-reactive ketones (excluding diaryl/α,β-unsaturated/α-hetero) is 2. The highest BCUT2D eigenvalue weighted by Crippen LogP contribution is 2.33. The number of rotatable bonds is 12. The van der Waals surface area contributed by atoms with Crippen molar-refractivity contribution < 1.29 is 24.0 Å². The minimum absolute atomic E-state index is 0.0808. The monoisotopic (exact) mass is 595 g/mol. The van der Waals surface area contributed by atoms with Crippen molar-refractivity contribution in [1.29, 1.82) is 0 Å². The molecule has 1 fully saturated rings. The fourth-order valence-electron chi connectivity index (χ4n) is 5.98. The summed E-state index contributed by atoms with van der Waals surface area (Å²) in [5, 5.41) is 5.87. The van der Waals surface area contributed by atoms with Gasteiger partial charge in [-0.3, -0.25) is 14.5 Å². The van der Waals surface area contributed by atoms with Gasteiger partial charge < -0.3 is 14.1 Å². The molecule has 0 atom stereocenters. The second kappa shape index (κ2) is 13.7. The molecule has 3 aromatic carbocycles. The van der Waals surface area contributed by atoms with Gasteiger partial charge in [0.2, 0.25) is 5.78 Å². The van der Waals surface area contributed by atoms with Gasteiger partial charge in [0, 0.05) is 47.6 Å². The number of oxime groups is 1. The molecule has 1 aliphatic rings.